The number of rotatable bonds is 3. The molecule has 0 amide bonds. The number of Topliss-reactive ketones (excluding diaryl/α,β-unsaturated/α-hetero) is 1. The summed E-state index contributed by atoms with van der Waals surface area (Å²) in [6, 6.07) is 11.4. The van der Waals surface area contributed by atoms with E-state index < -0.39 is 32.8 Å². The largest absolute Gasteiger partial charge is 0.748 e. The number of hydrogen-bond donors (Lipinski definition) is 0. The van der Waals surface area contributed by atoms with Gasteiger partial charge in [-0.25, -0.2) is 8.42 Å². The first kappa shape index (κ1) is 17.3. The molecule has 0 radical (unpaired) electrons. The molecule has 1 aromatic heterocycles. The molecule has 27 heavy (non-hydrogen) atoms. The maximum absolute atomic E-state index is 12.9. The Morgan fingerprint density at radius 1 is 1.00 bits per heavy atom. The van der Waals surface area contributed by atoms with Gasteiger partial charge in [0.15, 0.2) is 11.6 Å². The summed E-state index contributed by atoms with van der Waals surface area (Å²) in [5, 5.41) is 0.398. The first-order valence-electron chi connectivity index (χ1n) is 7.97. The molecule has 2 aromatic carbocycles. The molecule has 0 saturated heterocycles. The van der Waals surface area contributed by atoms with Crippen molar-refractivity contribution in [1.29, 1.82) is 0 Å². The number of ketones is 2. The fourth-order valence-corrected chi connectivity index (χ4v) is 4.05. The summed E-state index contributed by atoms with van der Waals surface area (Å²) in [5.41, 5.74) is 0.532. The van der Waals surface area contributed by atoms with E-state index >= 15 is 0 Å². The number of hydrogen-bond acceptors (Lipinski definition) is 6. The third-order valence-corrected chi connectivity index (χ3v) is 5.31. The Labute approximate surface area is 153 Å². The highest BCUT2D eigenvalue weighted by atomic mass is 32.2. The molecule has 4 rings (SSSR count). The number of pyridine rings is 1. The van der Waals surface area contributed by atoms with Gasteiger partial charge in [0.05, 0.1) is 11.1 Å². The Balaban J connectivity index is 2.23. The van der Waals surface area contributed by atoms with E-state index in [0.717, 1.165) is 0 Å². The second-order valence-corrected chi connectivity index (χ2v) is 7.72. The van der Waals surface area contributed by atoms with Gasteiger partial charge in [0, 0.05) is 29.1 Å². The summed E-state index contributed by atoms with van der Waals surface area (Å²) < 4.78 is 34.5. The van der Waals surface area contributed by atoms with Gasteiger partial charge >= 0.3 is 0 Å². The van der Waals surface area contributed by atoms with Crippen LogP contribution >= 0.6 is 0 Å². The standard InChI is InChI=1S/C19H13NO6S/c1-20-13-8-4-7-12-15(13)16(10-5-2-3-6-11(10)18(12)22)17(19(20)23)14(21)9-27(24,25)26/h2-8H,9H2,1H3,(H,24,25,26)/p-1. The number of carbonyl (C=O) groups excluding carboxylic acids is 2. The van der Waals surface area contributed by atoms with Gasteiger partial charge in [-0.3, -0.25) is 14.4 Å². The molecule has 136 valence electrons. The lowest BCUT2D eigenvalue weighted by Gasteiger charge is -2.23. The number of nitrogens with zero attached hydrogens (tertiary/aromatic N) is 1. The van der Waals surface area contributed by atoms with Crippen molar-refractivity contribution in [2.24, 2.45) is 7.05 Å². The predicted octanol–water partition coefficient (Wildman–Crippen LogP) is 1.48. The summed E-state index contributed by atoms with van der Waals surface area (Å²) in [6.45, 7) is 0. The van der Waals surface area contributed by atoms with Crippen LogP contribution in [0.5, 0.6) is 0 Å². The van der Waals surface area contributed by atoms with Gasteiger partial charge < -0.3 is 9.12 Å². The average Bonchev–Trinajstić information content (AvgIpc) is 2.61. The number of carbonyl (C=O) groups is 2. The Morgan fingerprint density at radius 3 is 2.30 bits per heavy atom. The summed E-state index contributed by atoms with van der Waals surface area (Å²) in [5.74, 6) is -2.65. The molecule has 0 N–H and O–H groups in total. The summed E-state index contributed by atoms with van der Waals surface area (Å²) in [6.07, 6.45) is 0. The van der Waals surface area contributed by atoms with Crippen LogP contribution in [0.4, 0.5) is 0 Å². The smallest absolute Gasteiger partial charge is 0.262 e. The third kappa shape index (κ3) is 2.53. The van der Waals surface area contributed by atoms with Crippen LogP contribution in [0.3, 0.4) is 0 Å². The number of aryl methyl sites for hydroxylation is 1. The fourth-order valence-electron chi connectivity index (χ4n) is 3.59. The second-order valence-electron chi connectivity index (χ2n) is 6.31. The van der Waals surface area contributed by atoms with E-state index in [1.54, 1.807) is 42.5 Å². The third-order valence-electron chi connectivity index (χ3n) is 4.69. The van der Waals surface area contributed by atoms with Crippen molar-refractivity contribution in [3.8, 4) is 11.1 Å². The van der Waals surface area contributed by atoms with Crippen molar-refractivity contribution in [1.82, 2.24) is 4.57 Å². The first-order valence-corrected chi connectivity index (χ1v) is 9.55. The monoisotopic (exact) mass is 382 g/mol. The lowest BCUT2D eigenvalue weighted by Crippen LogP contribution is -2.30. The van der Waals surface area contributed by atoms with Crippen molar-refractivity contribution < 1.29 is 22.6 Å². The van der Waals surface area contributed by atoms with E-state index in [2.05, 4.69) is 0 Å². The molecule has 0 atom stereocenters. The molecular weight excluding hydrogens is 370 g/mol. The predicted molar refractivity (Wildman–Crippen MR) is 97.0 cm³/mol. The highest BCUT2D eigenvalue weighted by Gasteiger charge is 2.31. The summed E-state index contributed by atoms with van der Waals surface area (Å²) in [7, 11) is -3.44. The van der Waals surface area contributed by atoms with Gasteiger partial charge in [-0.1, -0.05) is 36.4 Å². The van der Waals surface area contributed by atoms with Crippen molar-refractivity contribution in [2.75, 3.05) is 5.75 Å². The molecule has 0 aliphatic heterocycles. The van der Waals surface area contributed by atoms with Crippen LogP contribution < -0.4 is 5.56 Å². The molecular formula is C19H12NO6S-. The number of aromatic nitrogens is 1. The molecule has 0 bridgehead atoms. The Morgan fingerprint density at radius 2 is 1.63 bits per heavy atom. The number of benzene rings is 2. The Bertz CT molecular complexity index is 1330. The highest BCUT2D eigenvalue weighted by molar-refractivity contribution is 7.86. The molecule has 0 saturated carbocycles. The first-order chi connectivity index (χ1) is 12.7. The zero-order chi connectivity index (χ0) is 19.5. The maximum atomic E-state index is 12.9. The zero-order valence-corrected chi connectivity index (χ0v) is 14.9. The fraction of sp³-hybridized carbons (Fsp3) is 0.105. The Hall–Kier alpha value is -3.10. The van der Waals surface area contributed by atoms with Crippen LogP contribution in [0, 0.1) is 0 Å². The van der Waals surface area contributed by atoms with Crippen LogP contribution in [-0.2, 0) is 17.2 Å². The maximum Gasteiger partial charge on any atom is 0.262 e. The van der Waals surface area contributed by atoms with E-state index in [0.29, 0.717) is 27.6 Å². The number of fused-ring (bicyclic) bond motifs is 2. The van der Waals surface area contributed by atoms with E-state index in [-0.39, 0.29) is 11.3 Å². The summed E-state index contributed by atoms with van der Waals surface area (Å²) in [4.78, 5) is 38.4. The van der Waals surface area contributed by atoms with E-state index in [9.17, 15) is 27.4 Å². The molecule has 0 unspecified atom stereocenters. The van der Waals surface area contributed by atoms with Crippen LogP contribution in [0.2, 0.25) is 0 Å². The van der Waals surface area contributed by atoms with Gasteiger partial charge in [-0.15, -0.1) is 0 Å². The normalized spacial score (nSPS) is 12.9. The van der Waals surface area contributed by atoms with Crippen LogP contribution in [0.15, 0.2) is 47.3 Å². The van der Waals surface area contributed by atoms with Crippen molar-refractivity contribution in [3.63, 3.8) is 0 Å². The Kier molecular flexibility index (Phi) is 3.66. The minimum atomic E-state index is -4.87. The van der Waals surface area contributed by atoms with E-state index in [4.69, 9.17) is 0 Å². The van der Waals surface area contributed by atoms with Crippen molar-refractivity contribution in [2.45, 2.75) is 0 Å². The van der Waals surface area contributed by atoms with Gasteiger partial charge in [-0.05, 0) is 11.6 Å². The molecule has 8 heteroatoms. The molecule has 3 aromatic rings. The molecule has 1 aliphatic rings. The molecule has 1 heterocycles. The van der Waals surface area contributed by atoms with Crippen LogP contribution in [0.1, 0.15) is 26.3 Å². The van der Waals surface area contributed by atoms with Crippen LogP contribution in [-0.4, -0.2) is 34.9 Å². The highest BCUT2D eigenvalue weighted by Crippen LogP contribution is 2.40. The van der Waals surface area contributed by atoms with Crippen LogP contribution in [0.25, 0.3) is 22.0 Å². The topological polar surface area (TPSA) is 113 Å². The minimum Gasteiger partial charge on any atom is -0.748 e. The molecule has 7 nitrogen and oxygen atoms in total. The van der Waals surface area contributed by atoms with Gasteiger partial charge in [0.2, 0.25) is 0 Å². The summed E-state index contributed by atoms with van der Waals surface area (Å²) >= 11 is 0. The van der Waals surface area contributed by atoms with Gasteiger partial charge in [-0.2, -0.15) is 0 Å². The van der Waals surface area contributed by atoms with Crippen molar-refractivity contribution in [3.05, 3.63) is 69.5 Å². The molecule has 0 fully saturated rings. The second kappa shape index (κ2) is 5.70. The lowest BCUT2D eigenvalue weighted by molar-refractivity contribution is 0.101. The van der Waals surface area contributed by atoms with E-state index in [1.807, 2.05) is 0 Å². The zero-order valence-electron chi connectivity index (χ0n) is 14.1. The molecule has 0 spiro atoms. The lowest BCUT2D eigenvalue weighted by atomic mass is 9.81. The van der Waals surface area contributed by atoms with Crippen molar-refractivity contribution >= 4 is 32.6 Å². The van der Waals surface area contributed by atoms with Gasteiger partial charge in [0.1, 0.15) is 15.9 Å². The SMILES string of the molecule is Cn1c(=O)c(C(=O)CS(=O)(=O)[O-])c2c3c(cccc31)C(=O)c1ccccc1-2. The average molecular weight is 382 g/mol. The van der Waals surface area contributed by atoms with E-state index in [1.165, 1.54) is 11.6 Å². The van der Waals surface area contributed by atoms with Gasteiger partial charge in [0.25, 0.3) is 5.56 Å². The quantitative estimate of drug-likeness (QED) is 0.392. The minimum absolute atomic E-state index is 0.201. The molecule has 1 aliphatic carbocycles.